The number of hydrogen-bond acceptors (Lipinski definition) is 5. The molecule has 9 heteroatoms. The molecule has 8 nitrogen and oxygen atoms in total. The molecule has 0 saturated carbocycles. The van der Waals surface area contributed by atoms with Gasteiger partial charge in [0.1, 0.15) is 12.4 Å². The minimum absolute atomic E-state index is 0.286. The van der Waals surface area contributed by atoms with Gasteiger partial charge in [0, 0.05) is 38.3 Å². The summed E-state index contributed by atoms with van der Waals surface area (Å²) in [5.74, 6) is 2.11. The van der Waals surface area contributed by atoms with Crippen LogP contribution in [0.3, 0.4) is 0 Å². The molecular weight excluding hydrogens is 402 g/mol. The van der Waals surface area contributed by atoms with Gasteiger partial charge < -0.3 is 19.5 Å². The lowest BCUT2D eigenvalue weighted by atomic mass is 9.93. The van der Waals surface area contributed by atoms with E-state index in [-0.39, 0.29) is 4.90 Å². The van der Waals surface area contributed by atoms with Crippen LogP contribution in [-0.2, 0) is 9.84 Å². The number of likely N-dealkylation sites (tertiary alicyclic amines) is 1. The van der Waals surface area contributed by atoms with E-state index >= 15 is 0 Å². The topological polar surface area (TPSA) is 88.8 Å². The number of aliphatic imine (C=N–C) groups is 1. The molecule has 0 aliphatic carbocycles. The smallest absolute Gasteiger partial charge is 0.194 e. The zero-order valence-corrected chi connectivity index (χ0v) is 18.7. The summed E-state index contributed by atoms with van der Waals surface area (Å²) in [5.41, 5.74) is 0. The van der Waals surface area contributed by atoms with Gasteiger partial charge in [0.2, 0.25) is 0 Å². The van der Waals surface area contributed by atoms with E-state index in [0.29, 0.717) is 30.9 Å². The molecule has 1 aliphatic rings. The largest absolute Gasteiger partial charge is 0.492 e. The van der Waals surface area contributed by atoms with Crippen LogP contribution in [-0.4, -0.2) is 67.9 Å². The number of rotatable bonds is 7. The minimum atomic E-state index is -3.20. The molecule has 1 aliphatic heterocycles. The fraction of sp³-hybridized carbons (Fsp3) is 0.524. The lowest BCUT2D eigenvalue weighted by molar-refractivity contribution is 0.188. The quantitative estimate of drug-likeness (QED) is 0.409. The second-order valence-corrected chi connectivity index (χ2v) is 9.63. The summed E-state index contributed by atoms with van der Waals surface area (Å²) in [7, 11) is -3.20. The summed E-state index contributed by atoms with van der Waals surface area (Å²) >= 11 is 0. The predicted octanol–water partition coefficient (Wildman–Crippen LogP) is 2.21. The van der Waals surface area contributed by atoms with Gasteiger partial charge >= 0.3 is 0 Å². The van der Waals surface area contributed by atoms with Crippen molar-refractivity contribution < 1.29 is 13.2 Å². The van der Waals surface area contributed by atoms with Crippen molar-refractivity contribution in [1.29, 1.82) is 0 Å². The highest BCUT2D eigenvalue weighted by atomic mass is 32.2. The Morgan fingerprint density at radius 2 is 2.10 bits per heavy atom. The summed E-state index contributed by atoms with van der Waals surface area (Å²) in [6.07, 6.45) is 8.02. The van der Waals surface area contributed by atoms with E-state index in [1.54, 1.807) is 24.3 Å². The highest BCUT2D eigenvalue weighted by Crippen LogP contribution is 2.27. The summed E-state index contributed by atoms with van der Waals surface area (Å²) in [6.45, 7) is 7.93. The van der Waals surface area contributed by atoms with Gasteiger partial charge in [-0.05, 0) is 43.5 Å². The second-order valence-electron chi connectivity index (χ2n) is 7.62. The molecule has 0 bridgehead atoms. The Bertz CT molecular complexity index is 926. The Morgan fingerprint density at radius 1 is 1.33 bits per heavy atom. The van der Waals surface area contributed by atoms with Crippen LogP contribution < -0.4 is 10.1 Å². The zero-order valence-electron chi connectivity index (χ0n) is 17.9. The molecular formula is C21H31N5O3S. The second kappa shape index (κ2) is 9.97. The number of sulfone groups is 1. The van der Waals surface area contributed by atoms with Crippen LogP contribution in [0, 0.1) is 5.92 Å². The monoisotopic (exact) mass is 433 g/mol. The number of guanidine groups is 1. The van der Waals surface area contributed by atoms with Crippen molar-refractivity contribution in [2.75, 3.05) is 39.0 Å². The molecule has 164 valence electrons. The maximum Gasteiger partial charge on any atom is 0.194 e. The molecule has 1 saturated heterocycles. The van der Waals surface area contributed by atoms with E-state index in [4.69, 9.17) is 9.73 Å². The number of nitrogens with one attached hydrogen (secondary N) is 1. The first-order valence-corrected chi connectivity index (χ1v) is 12.2. The Balaban J connectivity index is 1.58. The molecule has 0 spiro atoms. The Hall–Kier alpha value is -2.55. The third-order valence-corrected chi connectivity index (χ3v) is 6.46. The van der Waals surface area contributed by atoms with E-state index in [0.717, 1.165) is 32.0 Å². The Labute approximate surface area is 178 Å². The molecule has 2 atom stereocenters. The van der Waals surface area contributed by atoms with Crippen molar-refractivity contribution in [2.45, 2.75) is 31.2 Å². The van der Waals surface area contributed by atoms with E-state index < -0.39 is 9.84 Å². The van der Waals surface area contributed by atoms with Gasteiger partial charge in [0.15, 0.2) is 15.8 Å². The van der Waals surface area contributed by atoms with Crippen molar-refractivity contribution in [2.24, 2.45) is 10.9 Å². The van der Waals surface area contributed by atoms with Crippen LogP contribution in [0.2, 0.25) is 0 Å². The number of imidazole rings is 1. The van der Waals surface area contributed by atoms with Gasteiger partial charge in [0.05, 0.1) is 23.8 Å². The van der Waals surface area contributed by atoms with Gasteiger partial charge in [-0.25, -0.2) is 18.4 Å². The molecule has 30 heavy (non-hydrogen) atoms. The van der Waals surface area contributed by atoms with Crippen LogP contribution >= 0.6 is 0 Å². The van der Waals surface area contributed by atoms with Crippen molar-refractivity contribution in [3.05, 3.63) is 43.0 Å². The average Bonchev–Trinajstić information content (AvgIpc) is 3.25. The summed E-state index contributed by atoms with van der Waals surface area (Å²) in [4.78, 5) is 11.5. The maximum atomic E-state index is 11.5. The van der Waals surface area contributed by atoms with Gasteiger partial charge in [-0.15, -0.1) is 0 Å². The fourth-order valence-corrected chi connectivity index (χ4v) is 4.25. The normalized spacial score (nSPS) is 20.2. The third kappa shape index (κ3) is 5.75. The zero-order chi connectivity index (χ0) is 21.6. The van der Waals surface area contributed by atoms with Gasteiger partial charge in [-0.3, -0.25) is 0 Å². The third-order valence-electron chi connectivity index (χ3n) is 5.33. The molecule has 1 N–H and O–H groups in total. The standard InChI is InChI=1S/C21H31N5O3S/c1-4-23-21(25-12-9-17(2)20(15-25)26-13-10-22-16-26)24-11-14-29-18-5-7-19(8-6-18)30(3,27)28/h5-8,10,13,16-17,20H,4,9,11-12,14-15H2,1-3H3,(H,23,24). The summed E-state index contributed by atoms with van der Waals surface area (Å²) < 4.78 is 31.0. The lowest BCUT2D eigenvalue weighted by Gasteiger charge is -2.39. The number of benzene rings is 1. The Morgan fingerprint density at radius 3 is 2.73 bits per heavy atom. The van der Waals surface area contributed by atoms with Crippen molar-refractivity contribution in [3.8, 4) is 5.75 Å². The first kappa shape index (κ1) is 22.1. The van der Waals surface area contributed by atoms with Gasteiger partial charge in [0.25, 0.3) is 0 Å². The average molecular weight is 434 g/mol. The van der Waals surface area contributed by atoms with E-state index in [2.05, 4.69) is 33.6 Å². The molecule has 0 radical (unpaired) electrons. The fourth-order valence-electron chi connectivity index (χ4n) is 3.62. The molecule has 1 aromatic heterocycles. The number of hydrogen-bond donors (Lipinski definition) is 1. The van der Waals surface area contributed by atoms with Crippen LogP contribution in [0.25, 0.3) is 0 Å². The molecule has 0 amide bonds. The number of nitrogens with zero attached hydrogens (tertiary/aromatic N) is 4. The number of aromatic nitrogens is 2. The Kier molecular flexibility index (Phi) is 7.36. The summed E-state index contributed by atoms with van der Waals surface area (Å²) in [6, 6.07) is 6.83. The van der Waals surface area contributed by atoms with E-state index in [1.165, 1.54) is 6.26 Å². The van der Waals surface area contributed by atoms with Crippen molar-refractivity contribution in [1.82, 2.24) is 19.8 Å². The summed E-state index contributed by atoms with van der Waals surface area (Å²) in [5, 5.41) is 3.38. The maximum absolute atomic E-state index is 11.5. The molecule has 2 heterocycles. The minimum Gasteiger partial charge on any atom is -0.492 e. The van der Waals surface area contributed by atoms with E-state index in [1.807, 2.05) is 18.7 Å². The highest BCUT2D eigenvalue weighted by molar-refractivity contribution is 7.90. The molecule has 1 aromatic carbocycles. The first-order chi connectivity index (χ1) is 14.4. The van der Waals surface area contributed by atoms with E-state index in [9.17, 15) is 8.42 Å². The van der Waals surface area contributed by atoms with Crippen molar-refractivity contribution in [3.63, 3.8) is 0 Å². The van der Waals surface area contributed by atoms with Gasteiger partial charge in [-0.2, -0.15) is 0 Å². The number of ether oxygens (including phenoxy) is 1. The van der Waals surface area contributed by atoms with Crippen LogP contribution in [0.1, 0.15) is 26.3 Å². The molecule has 1 fully saturated rings. The predicted molar refractivity (Wildman–Crippen MR) is 118 cm³/mol. The first-order valence-electron chi connectivity index (χ1n) is 10.3. The highest BCUT2D eigenvalue weighted by Gasteiger charge is 2.28. The lowest BCUT2D eigenvalue weighted by Crippen LogP contribution is -2.49. The van der Waals surface area contributed by atoms with Crippen molar-refractivity contribution >= 4 is 15.8 Å². The van der Waals surface area contributed by atoms with Crippen LogP contribution in [0.5, 0.6) is 5.75 Å². The SMILES string of the molecule is CCNC(=NCCOc1ccc(S(C)(=O)=O)cc1)N1CCC(C)C(n2ccnc2)C1. The van der Waals surface area contributed by atoms with Crippen LogP contribution in [0.15, 0.2) is 52.9 Å². The molecule has 3 rings (SSSR count). The van der Waals surface area contributed by atoms with Gasteiger partial charge in [-0.1, -0.05) is 6.92 Å². The van der Waals surface area contributed by atoms with Crippen LogP contribution in [0.4, 0.5) is 0 Å². The number of piperidine rings is 1. The molecule has 2 unspecified atom stereocenters. The molecule has 2 aromatic rings.